The second-order valence-electron chi connectivity index (χ2n) is 15.3. The lowest BCUT2D eigenvalue weighted by molar-refractivity contribution is 0.669. The first-order chi connectivity index (χ1) is 29.2. The normalized spacial score (nSPS) is 11.7. The largest absolute Gasteiger partial charge is 0.454 e. The maximum absolute atomic E-state index is 6.92. The molecule has 0 saturated heterocycles. The smallest absolute Gasteiger partial charge is 0.160 e. The maximum atomic E-state index is 6.92. The van der Waals surface area contributed by atoms with Crippen LogP contribution in [0.4, 0.5) is 17.1 Å². The Morgan fingerprint density at radius 3 is 1.68 bits per heavy atom. The fourth-order valence-electron chi connectivity index (χ4n) is 8.93. The van der Waals surface area contributed by atoms with Crippen molar-refractivity contribution in [1.82, 2.24) is 0 Å². The quantitative estimate of drug-likeness (QED) is 0.167. The third-order valence-electron chi connectivity index (χ3n) is 11.9. The van der Waals surface area contributed by atoms with Crippen LogP contribution in [0.25, 0.3) is 97.0 Å². The van der Waals surface area contributed by atoms with Gasteiger partial charge in [0.2, 0.25) is 0 Å². The van der Waals surface area contributed by atoms with Crippen LogP contribution in [0.1, 0.15) is 0 Å². The number of anilines is 3. The van der Waals surface area contributed by atoms with E-state index in [1.807, 2.05) is 17.4 Å². The molecule has 0 atom stereocenters. The minimum atomic E-state index is 0.856. The van der Waals surface area contributed by atoms with Crippen LogP contribution in [0.15, 0.2) is 217 Å². The average Bonchev–Trinajstić information content (AvgIpc) is 3.88. The Labute approximate surface area is 345 Å². The minimum absolute atomic E-state index is 0.856. The maximum Gasteiger partial charge on any atom is 0.160 e. The lowest BCUT2D eigenvalue weighted by Crippen LogP contribution is -2.11. The average molecular weight is 770 g/mol. The van der Waals surface area contributed by atoms with E-state index in [4.69, 9.17) is 4.42 Å². The molecule has 276 valence electrons. The second-order valence-corrected chi connectivity index (χ2v) is 16.3. The van der Waals surface area contributed by atoms with E-state index in [0.717, 1.165) is 50.1 Å². The monoisotopic (exact) mass is 769 g/mol. The van der Waals surface area contributed by atoms with Gasteiger partial charge in [0.05, 0.1) is 5.69 Å². The van der Waals surface area contributed by atoms with Crippen molar-refractivity contribution in [2.24, 2.45) is 0 Å². The molecule has 59 heavy (non-hydrogen) atoms. The van der Waals surface area contributed by atoms with Crippen LogP contribution in [-0.2, 0) is 0 Å². The van der Waals surface area contributed by atoms with Crippen molar-refractivity contribution in [2.45, 2.75) is 0 Å². The van der Waals surface area contributed by atoms with Crippen LogP contribution >= 0.6 is 11.3 Å². The summed E-state index contributed by atoms with van der Waals surface area (Å²) >= 11 is 1.87. The molecule has 0 aliphatic carbocycles. The number of furan rings is 1. The van der Waals surface area contributed by atoms with E-state index in [2.05, 4.69) is 211 Å². The highest BCUT2D eigenvalue weighted by Gasteiger charge is 2.24. The predicted molar refractivity (Wildman–Crippen MR) is 253 cm³/mol. The van der Waals surface area contributed by atoms with Crippen molar-refractivity contribution in [2.75, 3.05) is 4.90 Å². The molecule has 3 heteroatoms. The standard InChI is InChI=1S/C56H35NOS/c1-3-12-40-34-42(22-20-36(40)10-1)38-24-28-44(29-25-38)57(45-30-26-39(27-31-45)47-16-9-17-51-49-15-6-8-19-53(49)59-56(47)51)54-46(43-23-21-37-11-2-4-13-41(37)35-43)32-33-50-48-14-5-7-18-52(48)58-55(50)54/h1-35H. The van der Waals surface area contributed by atoms with Gasteiger partial charge in [-0.2, -0.15) is 0 Å². The fourth-order valence-corrected chi connectivity index (χ4v) is 10.2. The number of rotatable bonds is 6. The summed E-state index contributed by atoms with van der Waals surface area (Å²) in [6, 6.07) is 77.0. The van der Waals surface area contributed by atoms with Crippen LogP contribution < -0.4 is 4.90 Å². The van der Waals surface area contributed by atoms with Crippen molar-refractivity contribution < 1.29 is 4.42 Å². The number of benzene rings is 10. The van der Waals surface area contributed by atoms with Gasteiger partial charge >= 0.3 is 0 Å². The van der Waals surface area contributed by atoms with Crippen LogP contribution in [0.3, 0.4) is 0 Å². The molecule has 0 radical (unpaired) electrons. The van der Waals surface area contributed by atoms with Crippen LogP contribution in [0, 0.1) is 0 Å². The van der Waals surface area contributed by atoms with Crippen LogP contribution in [-0.4, -0.2) is 0 Å². The molecule has 0 bridgehead atoms. The number of para-hydroxylation sites is 1. The van der Waals surface area contributed by atoms with Crippen molar-refractivity contribution in [3.05, 3.63) is 212 Å². The van der Waals surface area contributed by atoms with E-state index >= 15 is 0 Å². The SMILES string of the molecule is c1ccc2cc(-c3ccc(N(c4ccc(-c5cccc6c5sc5ccccc56)cc4)c4c(-c5ccc6ccccc6c5)ccc5c4oc4ccccc45)cc3)ccc2c1. The Kier molecular flexibility index (Phi) is 7.75. The topological polar surface area (TPSA) is 16.4 Å². The first-order valence-electron chi connectivity index (χ1n) is 20.1. The van der Waals surface area contributed by atoms with E-state index < -0.39 is 0 Å². The molecule has 12 rings (SSSR count). The molecule has 2 aromatic heterocycles. The minimum Gasteiger partial charge on any atom is -0.454 e. The number of thiophene rings is 1. The molecular formula is C56H35NOS. The third-order valence-corrected chi connectivity index (χ3v) is 13.1. The van der Waals surface area contributed by atoms with Gasteiger partial charge < -0.3 is 9.32 Å². The zero-order chi connectivity index (χ0) is 38.9. The van der Waals surface area contributed by atoms with Gasteiger partial charge in [0.25, 0.3) is 0 Å². The van der Waals surface area contributed by atoms with Gasteiger partial charge in [-0.3, -0.25) is 0 Å². The molecule has 0 N–H and O–H groups in total. The van der Waals surface area contributed by atoms with Crippen molar-refractivity contribution in [3.63, 3.8) is 0 Å². The Bertz CT molecular complexity index is 3560. The molecule has 2 nitrogen and oxygen atoms in total. The molecule has 0 fully saturated rings. The number of hydrogen-bond donors (Lipinski definition) is 0. The van der Waals surface area contributed by atoms with E-state index in [1.165, 1.54) is 64.0 Å². The lowest BCUT2D eigenvalue weighted by atomic mass is 9.96. The van der Waals surface area contributed by atoms with Crippen molar-refractivity contribution in [3.8, 4) is 33.4 Å². The molecule has 0 aliphatic heterocycles. The molecule has 10 aromatic carbocycles. The molecule has 0 saturated carbocycles. The first kappa shape index (κ1) is 33.7. The number of nitrogens with zero attached hydrogens (tertiary/aromatic N) is 1. The summed E-state index contributed by atoms with van der Waals surface area (Å²) in [4.78, 5) is 2.39. The molecule has 0 spiro atoms. The summed E-state index contributed by atoms with van der Waals surface area (Å²) in [5, 5.41) is 9.70. The summed E-state index contributed by atoms with van der Waals surface area (Å²) in [6.45, 7) is 0. The molecule has 0 aliphatic rings. The molecule has 0 amide bonds. The summed E-state index contributed by atoms with van der Waals surface area (Å²) in [5.41, 5.74) is 11.9. The zero-order valence-corrected chi connectivity index (χ0v) is 32.8. The van der Waals surface area contributed by atoms with Gasteiger partial charge in [0.1, 0.15) is 5.58 Å². The second kappa shape index (κ2) is 13.6. The Morgan fingerprint density at radius 1 is 0.356 bits per heavy atom. The van der Waals surface area contributed by atoms with Gasteiger partial charge in [0, 0.05) is 47.9 Å². The van der Waals surface area contributed by atoms with Gasteiger partial charge in [0.15, 0.2) is 5.58 Å². The molecule has 2 heterocycles. The van der Waals surface area contributed by atoms with E-state index in [9.17, 15) is 0 Å². The number of hydrogen-bond acceptors (Lipinski definition) is 3. The Hall–Kier alpha value is -7.46. The van der Waals surface area contributed by atoms with Crippen LogP contribution in [0.5, 0.6) is 0 Å². The van der Waals surface area contributed by atoms with Crippen LogP contribution in [0.2, 0.25) is 0 Å². The van der Waals surface area contributed by atoms with E-state index in [-0.39, 0.29) is 0 Å². The van der Waals surface area contributed by atoms with Gasteiger partial charge in [-0.1, -0.05) is 158 Å². The summed E-state index contributed by atoms with van der Waals surface area (Å²) in [5.74, 6) is 0. The van der Waals surface area contributed by atoms with Crippen molar-refractivity contribution in [1.29, 1.82) is 0 Å². The molecule has 0 unspecified atom stereocenters. The fraction of sp³-hybridized carbons (Fsp3) is 0. The predicted octanol–water partition coefficient (Wildman–Crippen LogP) is 16.7. The highest BCUT2D eigenvalue weighted by Crippen LogP contribution is 2.49. The molecule has 12 aromatic rings. The molecular weight excluding hydrogens is 735 g/mol. The van der Waals surface area contributed by atoms with Gasteiger partial charge in [-0.25, -0.2) is 0 Å². The zero-order valence-electron chi connectivity index (χ0n) is 32.0. The highest BCUT2D eigenvalue weighted by atomic mass is 32.1. The number of fused-ring (bicyclic) bond motifs is 8. The summed E-state index contributed by atoms with van der Waals surface area (Å²) in [6.07, 6.45) is 0. The Morgan fingerprint density at radius 2 is 0.932 bits per heavy atom. The van der Waals surface area contributed by atoms with E-state index in [1.54, 1.807) is 0 Å². The first-order valence-corrected chi connectivity index (χ1v) is 20.9. The van der Waals surface area contributed by atoms with Gasteiger partial charge in [-0.05, 0) is 104 Å². The summed E-state index contributed by atoms with van der Waals surface area (Å²) < 4.78 is 9.54. The Balaban J connectivity index is 1.07. The van der Waals surface area contributed by atoms with Crippen molar-refractivity contribution >= 4 is 92.1 Å². The van der Waals surface area contributed by atoms with Gasteiger partial charge in [-0.15, -0.1) is 11.3 Å². The highest BCUT2D eigenvalue weighted by molar-refractivity contribution is 7.26. The lowest BCUT2D eigenvalue weighted by Gasteiger charge is -2.28. The summed E-state index contributed by atoms with van der Waals surface area (Å²) in [7, 11) is 0. The van der Waals surface area contributed by atoms with E-state index in [0.29, 0.717) is 0 Å². The third kappa shape index (κ3) is 5.62.